The van der Waals surface area contributed by atoms with Crippen molar-refractivity contribution in [1.29, 1.82) is 0 Å². The minimum Gasteiger partial charge on any atom is -0.299 e. The van der Waals surface area contributed by atoms with E-state index in [0.29, 0.717) is 11.4 Å². The number of hydrogen-bond acceptors (Lipinski definition) is 1. The average Bonchev–Trinajstić information content (AvgIpc) is 1.88. The van der Waals surface area contributed by atoms with Crippen LogP contribution in [0.25, 0.3) is 0 Å². The van der Waals surface area contributed by atoms with E-state index < -0.39 is 0 Å². The lowest BCUT2D eigenvalue weighted by Crippen LogP contribution is -2.22. The Morgan fingerprint density at radius 2 is 2.10 bits per heavy atom. The van der Waals surface area contributed by atoms with Gasteiger partial charge in [-0.3, -0.25) is 4.79 Å². The van der Waals surface area contributed by atoms with Crippen LogP contribution in [0.5, 0.6) is 0 Å². The minimum absolute atomic E-state index is 0.00752. The number of carbonyl (C=O) groups excluding carboxylic acids is 1. The molecule has 0 aromatic carbocycles. The van der Waals surface area contributed by atoms with Gasteiger partial charge < -0.3 is 0 Å². The van der Waals surface area contributed by atoms with E-state index in [-0.39, 0.29) is 7.92 Å². The van der Waals surface area contributed by atoms with Crippen LogP contribution in [0.2, 0.25) is 0 Å². The van der Waals surface area contributed by atoms with Crippen molar-refractivity contribution < 1.29 is 4.79 Å². The number of ketones is 1. The molecule has 1 saturated carbocycles. The van der Waals surface area contributed by atoms with Crippen molar-refractivity contribution in [2.24, 2.45) is 0 Å². The summed E-state index contributed by atoms with van der Waals surface area (Å²) in [4.78, 5) is 11.3. The molecule has 58 valence electrons. The Morgan fingerprint density at radius 1 is 1.40 bits per heavy atom. The lowest BCUT2D eigenvalue weighted by molar-refractivity contribution is -0.119. The number of hydrogen-bond donors (Lipinski definition) is 0. The van der Waals surface area contributed by atoms with Gasteiger partial charge in [0.05, 0.1) is 0 Å². The van der Waals surface area contributed by atoms with E-state index in [2.05, 4.69) is 13.3 Å². The molecule has 1 rings (SSSR count). The van der Waals surface area contributed by atoms with E-state index in [0.717, 1.165) is 19.3 Å². The second-order valence-electron chi connectivity index (χ2n) is 3.19. The highest BCUT2D eigenvalue weighted by Gasteiger charge is 2.24. The molecule has 1 fully saturated rings. The van der Waals surface area contributed by atoms with Gasteiger partial charge in [0.1, 0.15) is 5.78 Å². The van der Waals surface area contributed by atoms with Gasteiger partial charge in [-0.05, 0) is 26.2 Å². The minimum atomic E-state index is -0.00752. The zero-order valence-electron chi connectivity index (χ0n) is 6.76. The highest BCUT2D eigenvalue weighted by atomic mass is 31.1. The summed E-state index contributed by atoms with van der Waals surface area (Å²) in [7, 11) is -0.00752. The van der Waals surface area contributed by atoms with Gasteiger partial charge in [-0.25, -0.2) is 0 Å². The third-order valence-electron chi connectivity index (χ3n) is 2.15. The molecule has 0 N–H and O–H groups in total. The smallest absolute Gasteiger partial charge is 0.140 e. The van der Waals surface area contributed by atoms with Gasteiger partial charge in [-0.15, -0.1) is 7.92 Å². The van der Waals surface area contributed by atoms with E-state index >= 15 is 0 Å². The van der Waals surface area contributed by atoms with Crippen molar-refractivity contribution >= 4 is 13.7 Å². The summed E-state index contributed by atoms with van der Waals surface area (Å²) in [6.07, 6.45) is 4.43. The summed E-state index contributed by atoms with van der Waals surface area (Å²) in [5.74, 6) is 0.530. The third-order valence-corrected chi connectivity index (χ3v) is 3.94. The summed E-state index contributed by atoms with van der Waals surface area (Å²) < 4.78 is 0. The van der Waals surface area contributed by atoms with Crippen LogP contribution in [-0.2, 0) is 4.79 Å². The van der Waals surface area contributed by atoms with Gasteiger partial charge in [-0.1, -0.05) is 6.42 Å². The largest absolute Gasteiger partial charge is 0.299 e. The Balaban J connectivity index is 2.48. The van der Waals surface area contributed by atoms with Gasteiger partial charge >= 0.3 is 0 Å². The maximum atomic E-state index is 11.3. The van der Waals surface area contributed by atoms with Crippen LogP contribution in [0.1, 0.15) is 25.7 Å². The second kappa shape index (κ2) is 3.48. The second-order valence-corrected chi connectivity index (χ2v) is 5.74. The summed E-state index contributed by atoms with van der Waals surface area (Å²) in [6, 6.07) is 0. The number of rotatable bonds is 1. The quantitative estimate of drug-likeness (QED) is 0.535. The van der Waals surface area contributed by atoms with Crippen LogP contribution >= 0.6 is 7.92 Å². The summed E-state index contributed by atoms with van der Waals surface area (Å²) in [6.45, 7) is 4.42. The van der Waals surface area contributed by atoms with Crippen LogP contribution in [0.3, 0.4) is 0 Å². The Labute approximate surface area is 63.9 Å². The molecule has 1 nitrogen and oxygen atoms in total. The van der Waals surface area contributed by atoms with Crippen LogP contribution in [-0.4, -0.2) is 24.8 Å². The zero-order valence-corrected chi connectivity index (χ0v) is 7.66. The van der Waals surface area contributed by atoms with Gasteiger partial charge in [-0.2, -0.15) is 0 Å². The molecule has 1 unspecified atom stereocenters. The fraction of sp³-hybridized carbons (Fsp3) is 0.875. The molecular formula is C8H15OP. The molecule has 0 bridgehead atoms. The monoisotopic (exact) mass is 158 g/mol. The highest BCUT2D eigenvalue weighted by molar-refractivity contribution is 7.57. The Kier molecular flexibility index (Phi) is 2.85. The molecule has 10 heavy (non-hydrogen) atoms. The maximum absolute atomic E-state index is 11.3. The third kappa shape index (κ3) is 1.79. The predicted octanol–water partition coefficient (Wildman–Crippen LogP) is 2.24. The van der Waals surface area contributed by atoms with E-state index in [1.807, 2.05) is 0 Å². The molecule has 0 radical (unpaired) electrons. The fourth-order valence-corrected chi connectivity index (χ4v) is 2.91. The maximum Gasteiger partial charge on any atom is 0.140 e. The summed E-state index contributed by atoms with van der Waals surface area (Å²) >= 11 is 0. The van der Waals surface area contributed by atoms with Crippen LogP contribution in [0.15, 0.2) is 0 Å². The Hall–Kier alpha value is 0.100. The standard InChI is InChI=1S/C8H15OP/c1-10(2)8-6-4-3-5-7(8)9/h8H,3-6H2,1-2H3. The average molecular weight is 158 g/mol. The first-order valence-electron chi connectivity index (χ1n) is 3.91. The lowest BCUT2D eigenvalue weighted by Gasteiger charge is -2.23. The van der Waals surface area contributed by atoms with E-state index in [4.69, 9.17) is 0 Å². The zero-order chi connectivity index (χ0) is 7.56. The van der Waals surface area contributed by atoms with Gasteiger partial charge in [0, 0.05) is 12.1 Å². The molecule has 0 aromatic rings. The van der Waals surface area contributed by atoms with Crippen molar-refractivity contribution in [3.05, 3.63) is 0 Å². The Morgan fingerprint density at radius 3 is 2.50 bits per heavy atom. The van der Waals surface area contributed by atoms with Gasteiger partial charge in [0.25, 0.3) is 0 Å². The van der Waals surface area contributed by atoms with E-state index in [9.17, 15) is 4.79 Å². The van der Waals surface area contributed by atoms with Crippen molar-refractivity contribution in [2.45, 2.75) is 31.3 Å². The van der Waals surface area contributed by atoms with Gasteiger partial charge in [0.15, 0.2) is 0 Å². The van der Waals surface area contributed by atoms with Crippen molar-refractivity contribution in [1.82, 2.24) is 0 Å². The summed E-state index contributed by atoms with van der Waals surface area (Å²) in [5, 5.41) is 0. The fourth-order valence-electron chi connectivity index (χ4n) is 1.51. The molecule has 0 amide bonds. The Bertz CT molecular complexity index is 131. The van der Waals surface area contributed by atoms with Crippen LogP contribution < -0.4 is 0 Å². The molecular weight excluding hydrogens is 143 g/mol. The molecule has 0 saturated heterocycles. The first-order valence-corrected chi connectivity index (χ1v) is 6.21. The van der Waals surface area contributed by atoms with Gasteiger partial charge in [0.2, 0.25) is 0 Å². The highest BCUT2D eigenvalue weighted by Crippen LogP contribution is 2.39. The first-order chi connectivity index (χ1) is 4.72. The molecule has 0 heterocycles. The predicted molar refractivity (Wildman–Crippen MR) is 46.0 cm³/mol. The molecule has 1 aliphatic carbocycles. The van der Waals surface area contributed by atoms with Crippen LogP contribution in [0, 0.1) is 0 Å². The number of Topliss-reactive ketones (excluding diaryl/α,β-unsaturated/α-hetero) is 1. The SMILES string of the molecule is CP(C)C1CCCCC1=O. The summed E-state index contributed by atoms with van der Waals surface area (Å²) in [5.41, 5.74) is 0.448. The van der Waals surface area contributed by atoms with Crippen LogP contribution in [0.4, 0.5) is 0 Å². The normalized spacial score (nSPS) is 27.5. The lowest BCUT2D eigenvalue weighted by atomic mass is 9.99. The van der Waals surface area contributed by atoms with Crippen molar-refractivity contribution in [2.75, 3.05) is 13.3 Å². The molecule has 1 aliphatic rings. The molecule has 0 aliphatic heterocycles. The topological polar surface area (TPSA) is 17.1 Å². The van der Waals surface area contributed by atoms with E-state index in [1.54, 1.807) is 0 Å². The molecule has 2 heteroatoms. The van der Waals surface area contributed by atoms with Crippen molar-refractivity contribution in [3.63, 3.8) is 0 Å². The molecule has 1 atom stereocenters. The first kappa shape index (κ1) is 8.20. The molecule has 0 spiro atoms. The van der Waals surface area contributed by atoms with E-state index in [1.165, 1.54) is 6.42 Å². The number of carbonyl (C=O) groups is 1. The molecule has 0 aromatic heterocycles. The van der Waals surface area contributed by atoms with Crippen molar-refractivity contribution in [3.8, 4) is 0 Å².